The Labute approximate surface area is 262 Å². The van der Waals surface area contributed by atoms with Crippen LogP contribution in [0.3, 0.4) is 0 Å². The van der Waals surface area contributed by atoms with Gasteiger partial charge in [0.1, 0.15) is 11.6 Å². The number of H-pyrrole nitrogens is 1. The second-order valence-electron chi connectivity index (χ2n) is 12.7. The summed E-state index contributed by atoms with van der Waals surface area (Å²) in [4.78, 5) is 20.3. The molecule has 14 heteroatoms. The van der Waals surface area contributed by atoms with Crippen LogP contribution in [-0.4, -0.2) is 98.0 Å². The van der Waals surface area contributed by atoms with E-state index in [9.17, 15) is 22.0 Å². The lowest BCUT2D eigenvalue weighted by Gasteiger charge is -2.34. The van der Waals surface area contributed by atoms with E-state index >= 15 is 0 Å². The van der Waals surface area contributed by atoms with E-state index in [1.54, 1.807) is 13.8 Å². The lowest BCUT2D eigenvalue weighted by atomic mass is 10.0. The zero-order chi connectivity index (χ0) is 32.1. The standard InChI is InChI=1S/C31H40F2N8O3S/c1-31(2)28-26(19-41(31)45(43,44)24-15-20(32)14-21(33)16-24)29(37-36-28)35-30(42)25-8-7-22(40-12-10-38(3)11-13-40)17-27(25)34-18-23-6-5-9-39(23)4/h7-8,14-17,23,34H,5-6,9-13,18-19H2,1-4H3,(H2,35,36,37,42)/t23-/m1/s1. The number of hydrogen-bond acceptors (Lipinski definition) is 8. The number of aromatic nitrogens is 2. The quantitative estimate of drug-likeness (QED) is 0.341. The fraction of sp³-hybridized carbons (Fsp3) is 0.484. The van der Waals surface area contributed by atoms with Gasteiger partial charge in [0.25, 0.3) is 5.91 Å². The smallest absolute Gasteiger partial charge is 0.258 e. The number of nitrogens with zero attached hydrogens (tertiary/aromatic N) is 5. The number of amides is 1. The average Bonchev–Trinajstić information content (AvgIpc) is 3.66. The summed E-state index contributed by atoms with van der Waals surface area (Å²) in [6.45, 7) is 8.65. The molecule has 242 valence electrons. The van der Waals surface area contributed by atoms with Gasteiger partial charge < -0.3 is 25.3 Å². The molecule has 45 heavy (non-hydrogen) atoms. The molecule has 2 saturated heterocycles. The van der Waals surface area contributed by atoms with Crippen LogP contribution < -0.4 is 15.5 Å². The Hall–Kier alpha value is -3.59. The van der Waals surface area contributed by atoms with Gasteiger partial charge in [0, 0.05) is 68.3 Å². The highest BCUT2D eigenvalue weighted by molar-refractivity contribution is 7.89. The Morgan fingerprint density at radius 3 is 2.42 bits per heavy atom. The minimum absolute atomic E-state index is 0.142. The van der Waals surface area contributed by atoms with Crippen molar-refractivity contribution >= 4 is 33.1 Å². The van der Waals surface area contributed by atoms with Crippen molar-refractivity contribution in [2.45, 2.75) is 49.7 Å². The van der Waals surface area contributed by atoms with Crippen LogP contribution in [0.2, 0.25) is 0 Å². The number of carbonyl (C=O) groups is 1. The van der Waals surface area contributed by atoms with Crippen LogP contribution in [0.25, 0.3) is 0 Å². The van der Waals surface area contributed by atoms with Gasteiger partial charge in [0.15, 0.2) is 5.82 Å². The number of halogens is 2. The van der Waals surface area contributed by atoms with Crippen LogP contribution >= 0.6 is 0 Å². The van der Waals surface area contributed by atoms with Gasteiger partial charge >= 0.3 is 0 Å². The number of likely N-dealkylation sites (N-methyl/N-ethyl adjacent to an activating group) is 2. The zero-order valence-electron chi connectivity index (χ0n) is 26.0. The first-order valence-electron chi connectivity index (χ1n) is 15.2. The van der Waals surface area contributed by atoms with Crippen LogP contribution in [0, 0.1) is 11.6 Å². The summed E-state index contributed by atoms with van der Waals surface area (Å²) in [6, 6.07) is 8.38. The minimum Gasteiger partial charge on any atom is -0.383 e. The number of piperazine rings is 1. The molecule has 4 heterocycles. The fourth-order valence-corrected chi connectivity index (χ4v) is 8.33. The molecule has 3 N–H and O–H groups in total. The van der Waals surface area contributed by atoms with Crippen LogP contribution in [0.5, 0.6) is 0 Å². The van der Waals surface area contributed by atoms with Crippen molar-refractivity contribution in [1.29, 1.82) is 0 Å². The van der Waals surface area contributed by atoms with E-state index in [0.717, 1.165) is 67.7 Å². The van der Waals surface area contributed by atoms with Crippen LogP contribution in [0.1, 0.15) is 48.3 Å². The molecule has 2 aromatic carbocycles. The zero-order valence-corrected chi connectivity index (χ0v) is 26.8. The maximum absolute atomic E-state index is 14.0. The lowest BCUT2D eigenvalue weighted by molar-refractivity contribution is 0.102. The van der Waals surface area contributed by atoms with Crippen molar-refractivity contribution in [3.05, 3.63) is 64.9 Å². The molecule has 3 aromatic rings. The molecule has 0 spiro atoms. The predicted molar refractivity (Wildman–Crippen MR) is 169 cm³/mol. The van der Waals surface area contributed by atoms with Crippen molar-refractivity contribution in [2.24, 2.45) is 0 Å². The van der Waals surface area contributed by atoms with E-state index in [0.29, 0.717) is 41.2 Å². The monoisotopic (exact) mass is 642 g/mol. The maximum Gasteiger partial charge on any atom is 0.258 e. The number of aromatic amines is 1. The number of likely N-dealkylation sites (tertiary alicyclic amines) is 1. The van der Waals surface area contributed by atoms with Crippen LogP contribution in [0.4, 0.5) is 26.0 Å². The Morgan fingerprint density at radius 2 is 1.76 bits per heavy atom. The molecule has 0 radical (unpaired) electrons. The van der Waals surface area contributed by atoms with E-state index in [1.165, 1.54) is 0 Å². The summed E-state index contributed by atoms with van der Waals surface area (Å²) in [5.41, 5.74) is 2.06. The van der Waals surface area contributed by atoms with Crippen molar-refractivity contribution < 1.29 is 22.0 Å². The number of fused-ring (bicyclic) bond motifs is 1. The van der Waals surface area contributed by atoms with Crippen molar-refractivity contribution in [2.75, 3.05) is 68.9 Å². The molecule has 0 aliphatic carbocycles. The molecule has 3 aliphatic rings. The number of hydrogen-bond donors (Lipinski definition) is 3. The number of carbonyl (C=O) groups excluding carboxylic acids is 1. The molecule has 0 saturated carbocycles. The Balaban J connectivity index is 1.26. The van der Waals surface area contributed by atoms with E-state index in [4.69, 9.17) is 0 Å². The van der Waals surface area contributed by atoms with Crippen molar-refractivity contribution in [3.8, 4) is 0 Å². The van der Waals surface area contributed by atoms with Gasteiger partial charge in [-0.05, 0) is 77.7 Å². The molecule has 2 fully saturated rings. The van der Waals surface area contributed by atoms with Crippen molar-refractivity contribution in [3.63, 3.8) is 0 Å². The van der Waals surface area contributed by atoms with E-state index in [1.807, 2.05) is 18.2 Å². The summed E-state index contributed by atoms with van der Waals surface area (Å²) >= 11 is 0. The largest absolute Gasteiger partial charge is 0.383 e. The molecule has 1 amide bonds. The Kier molecular flexibility index (Phi) is 8.35. The molecular formula is C31H40F2N8O3S. The lowest BCUT2D eigenvalue weighted by Crippen LogP contribution is -2.44. The number of benzene rings is 2. The first kappa shape index (κ1) is 31.4. The molecule has 1 atom stereocenters. The third kappa shape index (κ3) is 6.03. The van der Waals surface area contributed by atoms with Crippen molar-refractivity contribution in [1.82, 2.24) is 24.3 Å². The van der Waals surface area contributed by atoms with Crippen LogP contribution in [-0.2, 0) is 22.1 Å². The SMILES string of the molecule is CN1CCN(c2ccc(C(=O)Nc3n[nH]c4c3CN(S(=O)(=O)c3cc(F)cc(F)c3)C4(C)C)c(NC[C@H]3CCCN3C)c2)CC1. The molecule has 11 nitrogen and oxygen atoms in total. The first-order valence-corrected chi connectivity index (χ1v) is 16.7. The Morgan fingerprint density at radius 1 is 1.04 bits per heavy atom. The van der Waals surface area contributed by atoms with Crippen LogP contribution in [0.15, 0.2) is 41.3 Å². The number of sulfonamides is 1. The molecule has 3 aliphatic heterocycles. The van der Waals surface area contributed by atoms with Gasteiger partial charge in [-0.2, -0.15) is 9.40 Å². The highest BCUT2D eigenvalue weighted by atomic mass is 32.2. The topological polar surface area (TPSA) is 117 Å². The summed E-state index contributed by atoms with van der Waals surface area (Å²) in [5, 5.41) is 13.7. The summed E-state index contributed by atoms with van der Waals surface area (Å²) in [7, 11) is -0.0785. The Bertz CT molecular complexity index is 1680. The highest BCUT2D eigenvalue weighted by Crippen LogP contribution is 2.44. The number of nitrogens with one attached hydrogen (secondary N) is 3. The summed E-state index contributed by atoms with van der Waals surface area (Å²) in [5.74, 6) is -2.15. The maximum atomic E-state index is 14.0. The van der Waals surface area contributed by atoms with Gasteiger partial charge in [-0.15, -0.1) is 0 Å². The van der Waals surface area contributed by atoms with Gasteiger partial charge in [-0.1, -0.05) is 0 Å². The number of anilines is 3. The second kappa shape index (κ2) is 12.0. The fourth-order valence-electron chi connectivity index (χ4n) is 6.56. The predicted octanol–water partition coefficient (Wildman–Crippen LogP) is 3.64. The van der Waals surface area contributed by atoms with E-state index in [2.05, 4.69) is 49.6 Å². The summed E-state index contributed by atoms with van der Waals surface area (Å²) in [6.07, 6.45) is 2.22. The number of rotatable bonds is 8. The normalized spacial score (nSPS) is 20.8. The molecular weight excluding hydrogens is 602 g/mol. The second-order valence-corrected chi connectivity index (χ2v) is 14.6. The first-order chi connectivity index (χ1) is 21.3. The third-order valence-electron chi connectivity index (χ3n) is 9.38. The van der Waals surface area contributed by atoms with Gasteiger partial charge in [-0.3, -0.25) is 9.89 Å². The van der Waals surface area contributed by atoms with E-state index in [-0.39, 0.29) is 18.3 Å². The average molecular weight is 643 g/mol. The molecule has 1 aromatic heterocycles. The molecule has 6 rings (SSSR count). The van der Waals surface area contributed by atoms with Gasteiger partial charge in [0.2, 0.25) is 10.0 Å². The summed E-state index contributed by atoms with van der Waals surface area (Å²) < 4.78 is 56.2. The van der Waals surface area contributed by atoms with Gasteiger partial charge in [-0.25, -0.2) is 17.2 Å². The van der Waals surface area contributed by atoms with Gasteiger partial charge in [0.05, 0.1) is 21.7 Å². The highest BCUT2D eigenvalue weighted by Gasteiger charge is 2.48. The van der Waals surface area contributed by atoms with E-state index < -0.39 is 32.1 Å². The molecule has 0 unspecified atom stereocenters. The minimum atomic E-state index is -4.30. The third-order valence-corrected chi connectivity index (χ3v) is 11.4. The molecule has 0 bridgehead atoms.